The van der Waals surface area contributed by atoms with E-state index in [1.807, 2.05) is 0 Å². The summed E-state index contributed by atoms with van der Waals surface area (Å²) in [5.74, 6) is 0.939. The van der Waals surface area contributed by atoms with Crippen molar-refractivity contribution in [3.63, 3.8) is 0 Å². The lowest BCUT2D eigenvalue weighted by Gasteiger charge is -2.66. The predicted octanol–water partition coefficient (Wildman–Crippen LogP) is 5.09. The molecule has 0 aliphatic heterocycles. The van der Waals surface area contributed by atoms with Crippen LogP contribution in [0.2, 0.25) is 0 Å². The lowest BCUT2D eigenvalue weighted by atomic mass is 9.39. The second-order valence-corrected chi connectivity index (χ2v) is 9.48. The minimum atomic E-state index is -0.116. The van der Waals surface area contributed by atoms with E-state index in [1.54, 1.807) is 0 Å². The fourth-order valence-corrected chi connectivity index (χ4v) is 6.93. The van der Waals surface area contributed by atoms with Crippen LogP contribution in [0.3, 0.4) is 0 Å². The summed E-state index contributed by atoms with van der Waals surface area (Å²) in [6.07, 6.45) is 11.3. The Balaban J connectivity index is 1.71. The van der Waals surface area contributed by atoms with Crippen LogP contribution < -0.4 is 0 Å². The highest BCUT2D eigenvalue weighted by atomic mass is 16.3. The number of aliphatic hydroxyl groups is 1. The first-order valence-electron chi connectivity index (χ1n) is 8.54. The largest absolute Gasteiger partial charge is 0.393 e. The fraction of sp³-hybridized carbons (Fsp3) is 0.895. The molecule has 0 aromatic carbocycles. The summed E-state index contributed by atoms with van der Waals surface area (Å²) in [7, 11) is 0. The van der Waals surface area contributed by atoms with E-state index in [-0.39, 0.29) is 6.10 Å². The molecule has 0 heterocycles. The van der Waals surface area contributed by atoms with Gasteiger partial charge in [0.25, 0.3) is 0 Å². The van der Waals surface area contributed by atoms with Gasteiger partial charge < -0.3 is 5.11 Å². The van der Waals surface area contributed by atoms with Gasteiger partial charge >= 0.3 is 0 Å². The van der Waals surface area contributed by atoms with Crippen LogP contribution in [0.1, 0.15) is 78.6 Å². The van der Waals surface area contributed by atoms with Crippen molar-refractivity contribution in [1.29, 1.82) is 0 Å². The number of hydrogen-bond donors (Lipinski definition) is 1. The van der Waals surface area contributed by atoms with Crippen LogP contribution in [0.5, 0.6) is 0 Å². The molecule has 4 rings (SSSR count). The molecule has 0 spiro atoms. The molecule has 1 heteroatoms. The van der Waals surface area contributed by atoms with Crippen LogP contribution >= 0.6 is 0 Å². The van der Waals surface area contributed by atoms with Gasteiger partial charge in [-0.1, -0.05) is 19.4 Å². The Labute approximate surface area is 124 Å². The van der Waals surface area contributed by atoms with Gasteiger partial charge in [-0.3, -0.25) is 0 Å². The molecule has 3 unspecified atom stereocenters. The second kappa shape index (κ2) is 4.60. The summed E-state index contributed by atoms with van der Waals surface area (Å²) >= 11 is 0. The van der Waals surface area contributed by atoms with Crippen LogP contribution in [0.15, 0.2) is 12.2 Å². The van der Waals surface area contributed by atoms with Gasteiger partial charge in [-0.05, 0) is 86.9 Å². The Morgan fingerprint density at radius 3 is 2.25 bits per heavy atom. The van der Waals surface area contributed by atoms with E-state index in [0.29, 0.717) is 16.2 Å². The summed E-state index contributed by atoms with van der Waals surface area (Å²) < 4.78 is 0. The first-order valence-corrected chi connectivity index (χ1v) is 8.54. The molecule has 4 aliphatic rings. The van der Waals surface area contributed by atoms with Gasteiger partial charge in [-0.25, -0.2) is 0 Å². The van der Waals surface area contributed by atoms with E-state index in [9.17, 15) is 5.11 Å². The molecule has 1 N–H and O–H groups in total. The third-order valence-electron chi connectivity index (χ3n) is 6.31. The zero-order valence-electron chi connectivity index (χ0n) is 13.7. The van der Waals surface area contributed by atoms with Crippen molar-refractivity contribution in [3.8, 4) is 0 Å². The highest BCUT2D eigenvalue weighted by molar-refractivity contribution is 5.10. The van der Waals surface area contributed by atoms with Crippen molar-refractivity contribution >= 4 is 0 Å². The van der Waals surface area contributed by atoms with Crippen LogP contribution in [0.25, 0.3) is 0 Å². The normalized spacial score (nSPS) is 47.5. The summed E-state index contributed by atoms with van der Waals surface area (Å²) in [6.45, 7) is 11.1. The monoisotopic (exact) mass is 276 g/mol. The minimum Gasteiger partial charge on any atom is -0.393 e. The molecule has 1 nitrogen and oxygen atoms in total. The molecule has 0 aromatic rings. The number of allylic oxidation sites excluding steroid dienone is 1. The third-order valence-corrected chi connectivity index (χ3v) is 6.31. The summed E-state index contributed by atoms with van der Waals surface area (Å²) in [5.41, 5.74) is 2.80. The van der Waals surface area contributed by atoms with E-state index in [0.717, 1.165) is 25.2 Å². The van der Waals surface area contributed by atoms with Gasteiger partial charge in [0.2, 0.25) is 0 Å². The Morgan fingerprint density at radius 1 is 1.15 bits per heavy atom. The maximum Gasteiger partial charge on any atom is 0.0548 e. The van der Waals surface area contributed by atoms with Crippen molar-refractivity contribution < 1.29 is 5.11 Å². The van der Waals surface area contributed by atoms with Crippen molar-refractivity contribution in [2.75, 3.05) is 0 Å². The van der Waals surface area contributed by atoms with Gasteiger partial charge in [0, 0.05) is 0 Å². The molecule has 3 atom stereocenters. The SMILES string of the molecule is C=C(C)CCC(O)CC12CC3CC(C)(CC(C)(C3)C1)C2. The highest BCUT2D eigenvalue weighted by Crippen LogP contribution is 2.70. The lowest BCUT2D eigenvalue weighted by Crippen LogP contribution is -2.55. The molecular formula is C19H32O. The Bertz CT molecular complexity index is 392. The van der Waals surface area contributed by atoms with E-state index < -0.39 is 0 Å². The van der Waals surface area contributed by atoms with Crippen LogP contribution in [-0.2, 0) is 0 Å². The van der Waals surface area contributed by atoms with E-state index >= 15 is 0 Å². The molecular weight excluding hydrogens is 244 g/mol. The van der Waals surface area contributed by atoms with Gasteiger partial charge in [0.1, 0.15) is 0 Å². The molecule has 0 radical (unpaired) electrons. The van der Waals surface area contributed by atoms with Gasteiger partial charge in [-0.2, -0.15) is 0 Å². The number of rotatable bonds is 5. The molecule has 0 amide bonds. The molecule has 0 saturated heterocycles. The average Bonchev–Trinajstić information content (AvgIpc) is 2.20. The van der Waals surface area contributed by atoms with E-state index in [4.69, 9.17) is 0 Å². The van der Waals surface area contributed by atoms with Crippen molar-refractivity contribution in [3.05, 3.63) is 12.2 Å². The average molecular weight is 276 g/mol. The molecule has 4 saturated carbocycles. The summed E-state index contributed by atoms with van der Waals surface area (Å²) in [4.78, 5) is 0. The maximum atomic E-state index is 10.5. The Morgan fingerprint density at radius 2 is 1.75 bits per heavy atom. The number of hydrogen-bond acceptors (Lipinski definition) is 1. The fourth-order valence-electron chi connectivity index (χ4n) is 6.93. The van der Waals surface area contributed by atoms with E-state index in [1.165, 1.54) is 44.1 Å². The van der Waals surface area contributed by atoms with Crippen molar-refractivity contribution in [2.45, 2.75) is 84.7 Å². The molecule has 114 valence electrons. The lowest BCUT2D eigenvalue weighted by molar-refractivity contribution is -0.156. The second-order valence-electron chi connectivity index (χ2n) is 9.48. The zero-order chi connectivity index (χ0) is 14.6. The van der Waals surface area contributed by atoms with Crippen LogP contribution in [0, 0.1) is 22.2 Å². The first-order chi connectivity index (χ1) is 9.22. The van der Waals surface area contributed by atoms with Gasteiger partial charge in [0.05, 0.1) is 6.10 Å². The maximum absolute atomic E-state index is 10.5. The third kappa shape index (κ3) is 2.71. The number of aliphatic hydroxyl groups excluding tert-OH is 1. The predicted molar refractivity (Wildman–Crippen MR) is 84.5 cm³/mol. The van der Waals surface area contributed by atoms with Gasteiger partial charge in [-0.15, -0.1) is 6.58 Å². The van der Waals surface area contributed by atoms with E-state index in [2.05, 4.69) is 27.4 Å². The molecule has 4 bridgehead atoms. The smallest absolute Gasteiger partial charge is 0.0548 e. The Kier molecular flexibility index (Phi) is 3.36. The Hall–Kier alpha value is -0.300. The molecule has 4 aliphatic carbocycles. The summed E-state index contributed by atoms with van der Waals surface area (Å²) in [5, 5.41) is 10.5. The first kappa shape index (κ1) is 14.6. The highest BCUT2D eigenvalue weighted by Gasteiger charge is 2.59. The molecule has 20 heavy (non-hydrogen) atoms. The standard InChI is InChI=1S/C19H32O/c1-14(2)5-6-16(20)10-19-9-15-7-17(3,12-19)11-18(4,8-15)13-19/h15-16,20H,1,5-13H2,2-4H3. The summed E-state index contributed by atoms with van der Waals surface area (Å²) in [6, 6.07) is 0. The van der Waals surface area contributed by atoms with Crippen LogP contribution in [-0.4, -0.2) is 11.2 Å². The van der Waals surface area contributed by atoms with Crippen molar-refractivity contribution in [2.24, 2.45) is 22.2 Å². The van der Waals surface area contributed by atoms with Gasteiger partial charge in [0.15, 0.2) is 0 Å². The molecule has 4 fully saturated rings. The van der Waals surface area contributed by atoms with Crippen molar-refractivity contribution in [1.82, 2.24) is 0 Å². The molecule has 0 aromatic heterocycles. The van der Waals surface area contributed by atoms with Crippen LogP contribution in [0.4, 0.5) is 0 Å². The minimum absolute atomic E-state index is 0.116. The topological polar surface area (TPSA) is 20.2 Å². The zero-order valence-corrected chi connectivity index (χ0v) is 13.7. The quantitative estimate of drug-likeness (QED) is 0.693.